The van der Waals surface area contributed by atoms with Crippen LogP contribution in [-0.2, 0) is 0 Å². The normalized spacial score (nSPS) is 13.6. The van der Waals surface area contributed by atoms with Gasteiger partial charge in [0.2, 0.25) is 0 Å². The van der Waals surface area contributed by atoms with Gasteiger partial charge in [-0.3, -0.25) is 0 Å². The van der Waals surface area contributed by atoms with Crippen molar-refractivity contribution in [3.05, 3.63) is 29.8 Å². The monoisotopic (exact) mass is 223 g/mol. The minimum Gasteiger partial charge on any atom is -0.490 e. The van der Waals surface area contributed by atoms with Gasteiger partial charge in [0, 0.05) is 5.56 Å². The van der Waals surface area contributed by atoms with Gasteiger partial charge in [0.25, 0.3) is 0 Å². The van der Waals surface area contributed by atoms with Gasteiger partial charge in [-0.05, 0) is 25.5 Å². The number of ether oxygens (including phenoxy) is 1. The lowest BCUT2D eigenvalue weighted by atomic mass is 10.1. The summed E-state index contributed by atoms with van der Waals surface area (Å²) >= 11 is 0. The fourth-order valence-corrected chi connectivity index (χ4v) is 1.25. The Morgan fingerprint density at radius 1 is 1.44 bits per heavy atom. The maximum Gasteiger partial charge on any atom is 0.128 e. The summed E-state index contributed by atoms with van der Waals surface area (Å²) in [6.45, 7) is 3.82. The molecular weight excluding hydrogens is 206 g/mol. The van der Waals surface area contributed by atoms with E-state index in [4.69, 9.17) is 9.94 Å². The summed E-state index contributed by atoms with van der Waals surface area (Å²) in [5.74, 6) is 0.616. The van der Waals surface area contributed by atoms with Crippen molar-refractivity contribution in [3.63, 3.8) is 0 Å². The van der Waals surface area contributed by atoms with Gasteiger partial charge >= 0.3 is 0 Å². The third kappa shape index (κ3) is 3.24. The van der Waals surface area contributed by atoms with E-state index in [9.17, 15) is 5.11 Å². The van der Waals surface area contributed by atoms with E-state index in [1.54, 1.807) is 13.0 Å². The molecule has 0 bridgehead atoms. The number of aliphatic hydroxyl groups excluding tert-OH is 1. The van der Waals surface area contributed by atoms with E-state index in [0.717, 1.165) is 5.56 Å². The zero-order valence-electron chi connectivity index (χ0n) is 9.55. The molecule has 0 saturated heterocycles. The molecule has 0 aliphatic carbocycles. The molecule has 1 aromatic rings. The van der Waals surface area contributed by atoms with Crippen molar-refractivity contribution in [2.45, 2.75) is 26.4 Å². The van der Waals surface area contributed by atoms with E-state index in [2.05, 4.69) is 5.16 Å². The van der Waals surface area contributed by atoms with Crippen LogP contribution in [0, 0.1) is 0 Å². The molecule has 88 valence electrons. The second kappa shape index (κ2) is 6.12. The topological polar surface area (TPSA) is 62.0 Å². The third-order valence-electron chi connectivity index (χ3n) is 2.33. The smallest absolute Gasteiger partial charge is 0.128 e. The first-order chi connectivity index (χ1) is 7.69. The van der Waals surface area contributed by atoms with Crippen molar-refractivity contribution < 1.29 is 15.1 Å². The molecule has 0 spiro atoms. The summed E-state index contributed by atoms with van der Waals surface area (Å²) in [6, 6.07) is 7.27. The summed E-state index contributed by atoms with van der Waals surface area (Å²) in [4.78, 5) is 0. The Bertz CT molecular complexity index is 363. The third-order valence-corrected chi connectivity index (χ3v) is 2.33. The number of hydrogen-bond acceptors (Lipinski definition) is 4. The molecule has 4 heteroatoms. The van der Waals surface area contributed by atoms with Gasteiger partial charge < -0.3 is 15.1 Å². The molecule has 0 radical (unpaired) electrons. The van der Waals surface area contributed by atoms with Gasteiger partial charge in [-0.2, -0.15) is 0 Å². The van der Waals surface area contributed by atoms with Gasteiger partial charge in [-0.1, -0.05) is 24.2 Å². The average Bonchev–Trinajstić information content (AvgIpc) is 2.35. The molecule has 1 unspecified atom stereocenters. The van der Waals surface area contributed by atoms with Crippen LogP contribution in [0.25, 0.3) is 0 Å². The Labute approximate surface area is 95.2 Å². The highest BCUT2D eigenvalue weighted by molar-refractivity contribution is 6.00. The van der Waals surface area contributed by atoms with Crippen LogP contribution in [0.5, 0.6) is 5.75 Å². The summed E-state index contributed by atoms with van der Waals surface area (Å²) in [6.07, 6.45) is 0.175. The molecule has 16 heavy (non-hydrogen) atoms. The fourth-order valence-electron chi connectivity index (χ4n) is 1.25. The Morgan fingerprint density at radius 3 is 2.75 bits per heavy atom. The molecule has 0 fully saturated rings. The van der Waals surface area contributed by atoms with Crippen molar-refractivity contribution in [1.29, 1.82) is 0 Å². The van der Waals surface area contributed by atoms with Crippen molar-refractivity contribution in [2.75, 3.05) is 6.61 Å². The van der Waals surface area contributed by atoms with Gasteiger partial charge in [0.05, 0.1) is 11.8 Å². The fraction of sp³-hybridized carbons (Fsp3) is 0.417. The van der Waals surface area contributed by atoms with Crippen LogP contribution in [0.15, 0.2) is 29.4 Å². The van der Waals surface area contributed by atoms with Crippen LogP contribution in [0.1, 0.15) is 25.8 Å². The van der Waals surface area contributed by atoms with Gasteiger partial charge in [-0.25, -0.2) is 0 Å². The standard InChI is InChI=1S/C12H17NO3/c1-3-10(14)8-16-12-7-5-4-6-11(12)9(2)13-15/h4-7,10,14-15H,3,8H2,1-2H3/b13-9+. The molecule has 1 rings (SSSR count). The van der Waals surface area contributed by atoms with Crippen LogP contribution in [-0.4, -0.2) is 28.7 Å². The number of benzene rings is 1. The predicted octanol–water partition coefficient (Wildman–Crippen LogP) is 2.03. The minimum atomic E-state index is -0.473. The Kier molecular flexibility index (Phi) is 4.79. The van der Waals surface area contributed by atoms with E-state index in [1.165, 1.54) is 0 Å². The van der Waals surface area contributed by atoms with E-state index >= 15 is 0 Å². The first-order valence-corrected chi connectivity index (χ1v) is 5.28. The van der Waals surface area contributed by atoms with E-state index in [-0.39, 0.29) is 6.61 Å². The van der Waals surface area contributed by atoms with Crippen LogP contribution in [0.2, 0.25) is 0 Å². The number of oxime groups is 1. The SMILES string of the molecule is CCC(O)COc1ccccc1/C(C)=N/O. The van der Waals surface area contributed by atoms with Crippen LogP contribution >= 0.6 is 0 Å². The molecule has 0 saturated carbocycles. The van der Waals surface area contributed by atoms with Gasteiger partial charge in [0.15, 0.2) is 0 Å². The number of nitrogens with zero attached hydrogens (tertiary/aromatic N) is 1. The molecule has 0 aromatic heterocycles. The van der Waals surface area contributed by atoms with E-state index in [0.29, 0.717) is 17.9 Å². The molecule has 1 aromatic carbocycles. The highest BCUT2D eigenvalue weighted by Gasteiger charge is 2.08. The maximum atomic E-state index is 9.40. The highest BCUT2D eigenvalue weighted by Crippen LogP contribution is 2.19. The summed E-state index contributed by atoms with van der Waals surface area (Å²) < 4.78 is 5.47. The largest absolute Gasteiger partial charge is 0.490 e. The van der Waals surface area contributed by atoms with Crippen molar-refractivity contribution in [3.8, 4) is 5.75 Å². The van der Waals surface area contributed by atoms with E-state index < -0.39 is 6.10 Å². The molecular formula is C12H17NO3. The zero-order valence-corrected chi connectivity index (χ0v) is 9.55. The number of para-hydroxylation sites is 1. The molecule has 1 atom stereocenters. The molecule has 0 aliphatic rings. The molecule has 2 N–H and O–H groups in total. The zero-order chi connectivity index (χ0) is 12.0. The van der Waals surface area contributed by atoms with Crippen molar-refractivity contribution in [1.82, 2.24) is 0 Å². The van der Waals surface area contributed by atoms with Crippen LogP contribution in [0.3, 0.4) is 0 Å². The predicted molar refractivity (Wildman–Crippen MR) is 62.2 cm³/mol. The lowest BCUT2D eigenvalue weighted by molar-refractivity contribution is 0.104. The Morgan fingerprint density at radius 2 is 2.12 bits per heavy atom. The highest BCUT2D eigenvalue weighted by atomic mass is 16.5. The van der Waals surface area contributed by atoms with Crippen molar-refractivity contribution in [2.24, 2.45) is 5.16 Å². The molecule has 0 heterocycles. The second-order valence-electron chi connectivity index (χ2n) is 3.55. The molecule has 0 amide bonds. The lowest BCUT2D eigenvalue weighted by Gasteiger charge is -2.13. The number of hydrogen-bond donors (Lipinski definition) is 2. The quantitative estimate of drug-likeness (QED) is 0.456. The van der Waals surface area contributed by atoms with Crippen molar-refractivity contribution >= 4 is 5.71 Å². The van der Waals surface area contributed by atoms with E-state index in [1.807, 2.05) is 25.1 Å². The Hall–Kier alpha value is -1.55. The Balaban J connectivity index is 2.79. The average molecular weight is 223 g/mol. The van der Waals surface area contributed by atoms with Gasteiger partial charge in [-0.15, -0.1) is 0 Å². The second-order valence-corrected chi connectivity index (χ2v) is 3.55. The molecule has 4 nitrogen and oxygen atoms in total. The van der Waals surface area contributed by atoms with Gasteiger partial charge in [0.1, 0.15) is 12.4 Å². The number of rotatable bonds is 5. The lowest BCUT2D eigenvalue weighted by Crippen LogP contribution is -2.17. The number of aliphatic hydroxyl groups is 1. The first kappa shape index (κ1) is 12.5. The van der Waals surface area contributed by atoms with Crippen LogP contribution < -0.4 is 4.74 Å². The van der Waals surface area contributed by atoms with Crippen LogP contribution in [0.4, 0.5) is 0 Å². The first-order valence-electron chi connectivity index (χ1n) is 5.28. The summed E-state index contributed by atoms with van der Waals surface area (Å²) in [5.41, 5.74) is 1.22. The maximum absolute atomic E-state index is 9.40. The summed E-state index contributed by atoms with van der Waals surface area (Å²) in [7, 11) is 0. The summed E-state index contributed by atoms with van der Waals surface area (Å²) in [5, 5.41) is 21.3. The minimum absolute atomic E-state index is 0.242. The molecule has 0 aliphatic heterocycles.